The summed E-state index contributed by atoms with van der Waals surface area (Å²) >= 11 is 0. The average molecular weight is 431 g/mol. The van der Waals surface area contributed by atoms with Gasteiger partial charge in [-0.2, -0.15) is 5.26 Å². The van der Waals surface area contributed by atoms with E-state index in [9.17, 15) is 14.9 Å². The van der Waals surface area contributed by atoms with Gasteiger partial charge in [0.1, 0.15) is 6.04 Å². The van der Waals surface area contributed by atoms with Crippen molar-refractivity contribution in [3.05, 3.63) is 58.6 Å². The number of aromatic nitrogens is 1. The van der Waals surface area contributed by atoms with Crippen LogP contribution in [0.15, 0.2) is 51.7 Å². The Hall–Kier alpha value is -3.37. The molecule has 0 radical (unpaired) electrons. The van der Waals surface area contributed by atoms with E-state index < -0.39 is 6.04 Å². The van der Waals surface area contributed by atoms with E-state index in [0.717, 1.165) is 41.7 Å². The molecular weight excluding hydrogens is 404 g/mol. The van der Waals surface area contributed by atoms with E-state index in [0.29, 0.717) is 17.9 Å². The number of piperidine rings is 3. The van der Waals surface area contributed by atoms with E-state index in [1.807, 2.05) is 36.4 Å². The fraction of sp³-hybridized carbons (Fsp3) is 0.400. The van der Waals surface area contributed by atoms with Crippen molar-refractivity contribution in [1.82, 2.24) is 14.8 Å². The van der Waals surface area contributed by atoms with Crippen molar-refractivity contribution in [3.63, 3.8) is 0 Å². The molecule has 0 aliphatic carbocycles. The molecule has 32 heavy (non-hydrogen) atoms. The number of benzene rings is 2. The number of hydrogen-bond acceptors (Lipinski definition) is 5. The highest BCUT2D eigenvalue weighted by Crippen LogP contribution is 2.32. The number of aryl methyl sites for hydroxylation is 1. The lowest BCUT2D eigenvalue weighted by atomic mass is 9.83. The van der Waals surface area contributed by atoms with Crippen molar-refractivity contribution in [2.45, 2.75) is 37.8 Å². The standard InChI is InChI=1S/C25H26N4O3/c1-28-21-14-19(6-7-23(21)32-25(28)31)18-4-2-16(3-5-18)12-20(15-26)27-24(30)22-13-17-8-10-29(22)11-9-17/h2-7,14,17,20,22H,8-13H2,1H3,(H,27,30). The number of carbonyl (C=O) groups excluding carboxylic acids is 1. The van der Waals surface area contributed by atoms with Gasteiger partial charge in [0.15, 0.2) is 5.58 Å². The normalized spacial score (nSPS) is 23.1. The highest BCUT2D eigenvalue weighted by atomic mass is 16.4. The third-order valence-electron chi connectivity index (χ3n) is 6.94. The van der Waals surface area contributed by atoms with Crippen molar-refractivity contribution in [2.75, 3.05) is 13.1 Å². The molecule has 1 aromatic heterocycles. The Labute approximate surface area is 186 Å². The van der Waals surface area contributed by atoms with Gasteiger partial charge in [0.05, 0.1) is 17.6 Å². The number of carbonyl (C=O) groups is 1. The predicted octanol–water partition coefficient (Wildman–Crippen LogP) is 2.83. The minimum Gasteiger partial charge on any atom is -0.408 e. The number of fused-ring (bicyclic) bond motifs is 4. The van der Waals surface area contributed by atoms with Crippen molar-refractivity contribution in [2.24, 2.45) is 13.0 Å². The van der Waals surface area contributed by atoms with Gasteiger partial charge in [-0.15, -0.1) is 0 Å². The molecule has 1 N–H and O–H groups in total. The molecule has 3 saturated heterocycles. The van der Waals surface area contributed by atoms with Gasteiger partial charge in [0, 0.05) is 13.5 Å². The van der Waals surface area contributed by atoms with Crippen LogP contribution < -0.4 is 11.1 Å². The Kier molecular flexibility index (Phi) is 5.32. The zero-order valence-electron chi connectivity index (χ0n) is 18.1. The van der Waals surface area contributed by atoms with Crippen LogP contribution >= 0.6 is 0 Å². The zero-order chi connectivity index (χ0) is 22.2. The Morgan fingerprint density at radius 1 is 1.19 bits per heavy atom. The Balaban J connectivity index is 1.26. The molecule has 2 aromatic carbocycles. The minimum absolute atomic E-state index is 0.0170. The van der Waals surface area contributed by atoms with Crippen molar-refractivity contribution in [3.8, 4) is 17.2 Å². The first-order valence-electron chi connectivity index (χ1n) is 11.1. The topological polar surface area (TPSA) is 91.3 Å². The van der Waals surface area contributed by atoms with Crippen LogP contribution in [0.5, 0.6) is 0 Å². The molecule has 2 unspecified atom stereocenters. The van der Waals surface area contributed by atoms with E-state index in [1.54, 1.807) is 13.1 Å². The highest BCUT2D eigenvalue weighted by molar-refractivity contribution is 5.83. The van der Waals surface area contributed by atoms with Crippen LogP contribution in [-0.4, -0.2) is 40.5 Å². The van der Waals surface area contributed by atoms with Crippen LogP contribution in [0.2, 0.25) is 0 Å². The lowest BCUT2D eigenvalue weighted by Crippen LogP contribution is -2.56. The summed E-state index contributed by atoms with van der Waals surface area (Å²) in [7, 11) is 1.69. The molecule has 7 heteroatoms. The van der Waals surface area contributed by atoms with Crippen molar-refractivity contribution in [1.29, 1.82) is 5.26 Å². The smallest absolute Gasteiger partial charge is 0.408 e. The molecule has 0 saturated carbocycles. The third kappa shape index (κ3) is 3.82. The van der Waals surface area contributed by atoms with Crippen LogP contribution in [-0.2, 0) is 18.3 Å². The van der Waals surface area contributed by atoms with Crippen LogP contribution in [0.4, 0.5) is 0 Å². The molecule has 7 nitrogen and oxygen atoms in total. The summed E-state index contributed by atoms with van der Waals surface area (Å²) in [5.41, 5.74) is 4.28. The number of nitrogens with zero attached hydrogens (tertiary/aromatic N) is 3. The molecule has 3 fully saturated rings. The Morgan fingerprint density at radius 2 is 1.91 bits per heavy atom. The first-order valence-corrected chi connectivity index (χ1v) is 11.1. The molecule has 3 aliphatic rings. The predicted molar refractivity (Wildman–Crippen MR) is 121 cm³/mol. The minimum atomic E-state index is -0.549. The van der Waals surface area contributed by atoms with Crippen molar-refractivity contribution >= 4 is 17.0 Å². The first-order chi connectivity index (χ1) is 15.5. The van der Waals surface area contributed by atoms with Gasteiger partial charge in [-0.25, -0.2) is 4.79 Å². The second-order valence-corrected chi connectivity index (χ2v) is 8.93. The van der Waals surface area contributed by atoms with Crippen LogP contribution in [0.1, 0.15) is 24.8 Å². The molecule has 6 rings (SSSR count). The van der Waals surface area contributed by atoms with Crippen LogP contribution in [0.3, 0.4) is 0 Å². The summed E-state index contributed by atoms with van der Waals surface area (Å²) in [4.78, 5) is 26.8. The van der Waals surface area contributed by atoms with E-state index in [4.69, 9.17) is 4.42 Å². The second-order valence-electron chi connectivity index (χ2n) is 8.93. The van der Waals surface area contributed by atoms with Gasteiger partial charge in [-0.1, -0.05) is 30.3 Å². The van der Waals surface area contributed by atoms with Gasteiger partial charge >= 0.3 is 5.76 Å². The lowest BCUT2D eigenvalue weighted by Gasteiger charge is -2.44. The summed E-state index contributed by atoms with van der Waals surface area (Å²) in [6.45, 7) is 1.97. The van der Waals surface area contributed by atoms with Gasteiger partial charge in [0.2, 0.25) is 5.91 Å². The number of amides is 1. The maximum Gasteiger partial charge on any atom is 0.419 e. The first kappa shape index (κ1) is 20.5. The number of nitriles is 1. The summed E-state index contributed by atoms with van der Waals surface area (Å²) < 4.78 is 6.68. The molecule has 2 atom stereocenters. The van der Waals surface area contributed by atoms with E-state index >= 15 is 0 Å². The average Bonchev–Trinajstić information content (AvgIpc) is 3.12. The largest absolute Gasteiger partial charge is 0.419 e. The quantitative estimate of drug-likeness (QED) is 0.672. The summed E-state index contributed by atoms with van der Waals surface area (Å²) in [5.74, 6) is 0.249. The molecule has 3 aromatic rings. The van der Waals surface area contributed by atoms with E-state index in [2.05, 4.69) is 16.3 Å². The fourth-order valence-corrected chi connectivity index (χ4v) is 5.01. The number of oxazole rings is 1. The van der Waals surface area contributed by atoms with Crippen molar-refractivity contribution < 1.29 is 9.21 Å². The van der Waals surface area contributed by atoms with E-state index in [1.165, 1.54) is 17.4 Å². The maximum absolute atomic E-state index is 12.8. The number of rotatable bonds is 5. The molecule has 1 amide bonds. The summed E-state index contributed by atoms with van der Waals surface area (Å²) in [6.07, 6.45) is 3.74. The lowest BCUT2D eigenvalue weighted by molar-refractivity contribution is -0.130. The third-order valence-corrected chi connectivity index (χ3v) is 6.94. The molecule has 2 bridgehead atoms. The molecular formula is C25H26N4O3. The number of hydrogen-bond donors (Lipinski definition) is 1. The van der Waals surface area contributed by atoms with Gasteiger partial charge in [-0.05, 0) is 67.1 Å². The molecule has 164 valence electrons. The van der Waals surface area contributed by atoms with Crippen LogP contribution in [0, 0.1) is 17.2 Å². The Morgan fingerprint density at radius 3 is 2.56 bits per heavy atom. The zero-order valence-corrected chi connectivity index (χ0v) is 18.1. The number of nitrogens with one attached hydrogen (secondary N) is 1. The van der Waals surface area contributed by atoms with Crippen LogP contribution in [0.25, 0.3) is 22.2 Å². The maximum atomic E-state index is 12.8. The van der Waals surface area contributed by atoms with Gasteiger partial charge < -0.3 is 9.73 Å². The molecule has 0 spiro atoms. The Bertz CT molecular complexity index is 1240. The molecule has 3 aliphatic heterocycles. The monoisotopic (exact) mass is 430 g/mol. The summed E-state index contributed by atoms with van der Waals surface area (Å²) in [5, 5.41) is 12.6. The van der Waals surface area contributed by atoms with E-state index in [-0.39, 0.29) is 17.7 Å². The second kappa shape index (κ2) is 8.29. The highest BCUT2D eigenvalue weighted by Gasteiger charge is 2.38. The van der Waals surface area contributed by atoms with Gasteiger partial charge in [-0.3, -0.25) is 14.3 Å². The fourth-order valence-electron chi connectivity index (χ4n) is 5.01. The summed E-state index contributed by atoms with van der Waals surface area (Å²) in [6, 6.07) is 15.2. The SMILES string of the molecule is Cn1c(=O)oc2ccc(-c3ccc(CC(C#N)NC(=O)C4CC5CCN4CC5)cc3)cc21. The molecule has 4 heterocycles. The van der Waals surface area contributed by atoms with Gasteiger partial charge in [0.25, 0.3) is 0 Å².